The molecule has 0 spiro atoms. The van der Waals surface area contributed by atoms with Gasteiger partial charge in [-0.05, 0) is 55.4 Å². The fourth-order valence-corrected chi connectivity index (χ4v) is 4.01. The zero-order chi connectivity index (χ0) is 16.2. The number of nitrogens with one attached hydrogen (secondary N) is 1. The molecule has 5 heteroatoms. The molecule has 2 N–H and O–H groups in total. The highest BCUT2D eigenvalue weighted by molar-refractivity contribution is 7.10. The Labute approximate surface area is 139 Å². The Morgan fingerprint density at radius 1 is 1.13 bits per heavy atom. The van der Waals surface area contributed by atoms with Crippen LogP contribution in [0.2, 0.25) is 0 Å². The third-order valence-electron chi connectivity index (χ3n) is 4.15. The van der Waals surface area contributed by atoms with E-state index in [0.29, 0.717) is 6.42 Å². The van der Waals surface area contributed by atoms with Gasteiger partial charge in [-0.1, -0.05) is 12.1 Å². The molecule has 0 atom stereocenters. The summed E-state index contributed by atoms with van der Waals surface area (Å²) in [4.78, 5) is 24.4. The summed E-state index contributed by atoms with van der Waals surface area (Å²) in [6.45, 7) is 0. The predicted octanol–water partition coefficient (Wildman–Crippen LogP) is 3.90. The lowest BCUT2D eigenvalue weighted by Gasteiger charge is -2.13. The van der Waals surface area contributed by atoms with E-state index in [1.807, 2.05) is 29.6 Å². The number of benzene rings is 1. The van der Waals surface area contributed by atoms with Gasteiger partial charge >= 0.3 is 5.97 Å². The first-order valence-corrected chi connectivity index (χ1v) is 8.73. The molecular weight excluding hydrogens is 310 g/mol. The predicted molar refractivity (Wildman–Crippen MR) is 91.3 cm³/mol. The van der Waals surface area contributed by atoms with E-state index in [1.165, 1.54) is 16.9 Å². The van der Waals surface area contributed by atoms with E-state index in [2.05, 4.69) is 5.32 Å². The quantitative estimate of drug-likeness (QED) is 0.874. The van der Waals surface area contributed by atoms with E-state index < -0.39 is 5.97 Å². The summed E-state index contributed by atoms with van der Waals surface area (Å²) in [6.07, 6.45) is 5.07. The van der Waals surface area contributed by atoms with Crippen molar-refractivity contribution in [3.8, 4) is 0 Å². The molecule has 0 saturated heterocycles. The van der Waals surface area contributed by atoms with Gasteiger partial charge in [0.05, 0.1) is 5.56 Å². The zero-order valence-corrected chi connectivity index (χ0v) is 13.6. The van der Waals surface area contributed by atoms with Crippen LogP contribution in [0.3, 0.4) is 0 Å². The lowest BCUT2D eigenvalue weighted by atomic mass is 9.95. The Morgan fingerprint density at radius 2 is 1.87 bits per heavy atom. The number of fused-ring (bicyclic) bond motifs is 1. The van der Waals surface area contributed by atoms with Gasteiger partial charge in [0.25, 0.3) is 5.91 Å². The van der Waals surface area contributed by atoms with E-state index in [-0.39, 0.29) is 12.3 Å². The van der Waals surface area contributed by atoms with Crippen LogP contribution in [0.5, 0.6) is 0 Å². The largest absolute Gasteiger partial charge is 0.481 e. The highest BCUT2D eigenvalue weighted by Crippen LogP contribution is 2.30. The van der Waals surface area contributed by atoms with Gasteiger partial charge < -0.3 is 10.4 Å². The Kier molecular flexibility index (Phi) is 4.76. The minimum Gasteiger partial charge on any atom is -0.481 e. The lowest BCUT2D eigenvalue weighted by Crippen LogP contribution is -2.14. The first-order valence-electron chi connectivity index (χ1n) is 7.85. The number of carbonyl (C=O) groups excluding carboxylic acids is 1. The van der Waals surface area contributed by atoms with Crippen molar-refractivity contribution in [2.24, 2.45) is 0 Å². The molecule has 1 aromatic carbocycles. The molecule has 2 aromatic rings. The van der Waals surface area contributed by atoms with Crippen LogP contribution in [0.25, 0.3) is 0 Å². The molecule has 4 nitrogen and oxygen atoms in total. The van der Waals surface area contributed by atoms with Crippen LogP contribution in [0, 0.1) is 0 Å². The van der Waals surface area contributed by atoms with Crippen LogP contribution in [0.15, 0.2) is 29.6 Å². The smallest absolute Gasteiger partial charge is 0.303 e. The van der Waals surface area contributed by atoms with E-state index in [9.17, 15) is 9.59 Å². The molecule has 23 heavy (non-hydrogen) atoms. The summed E-state index contributed by atoms with van der Waals surface area (Å²) in [6, 6.07) is 7.38. The van der Waals surface area contributed by atoms with Crippen LogP contribution >= 0.6 is 11.3 Å². The molecule has 0 saturated carbocycles. The van der Waals surface area contributed by atoms with Crippen molar-refractivity contribution in [1.29, 1.82) is 0 Å². The highest BCUT2D eigenvalue weighted by Gasteiger charge is 2.20. The van der Waals surface area contributed by atoms with Crippen molar-refractivity contribution in [3.63, 3.8) is 0 Å². The number of aliphatic carboxylic acids is 1. The van der Waals surface area contributed by atoms with Gasteiger partial charge in [0, 0.05) is 22.4 Å². The van der Waals surface area contributed by atoms with Gasteiger partial charge in [0.2, 0.25) is 0 Å². The summed E-state index contributed by atoms with van der Waals surface area (Å²) >= 11 is 1.69. The summed E-state index contributed by atoms with van der Waals surface area (Å²) in [7, 11) is 0. The standard InChI is InChI=1S/C18H19NO3S/c20-17(21)10-7-12-5-8-13(9-6-12)19-18(22)15-11-23-16-4-2-1-3-14(15)16/h5-6,8-9,11H,1-4,7,10H2,(H,19,22)(H,20,21). The number of amides is 1. The highest BCUT2D eigenvalue weighted by atomic mass is 32.1. The van der Waals surface area contributed by atoms with Crippen LogP contribution < -0.4 is 5.32 Å². The number of anilines is 1. The van der Waals surface area contributed by atoms with Crippen molar-refractivity contribution in [3.05, 3.63) is 51.2 Å². The Bertz CT molecular complexity index is 718. The molecule has 0 unspecified atom stereocenters. The molecule has 1 amide bonds. The van der Waals surface area contributed by atoms with Crippen LogP contribution in [-0.4, -0.2) is 17.0 Å². The van der Waals surface area contributed by atoms with Gasteiger partial charge in [0.15, 0.2) is 0 Å². The molecular formula is C18H19NO3S. The molecule has 0 aliphatic heterocycles. The number of hydrogen-bond acceptors (Lipinski definition) is 3. The first kappa shape index (κ1) is 15.7. The maximum absolute atomic E-state index is 12.5. The first-order chi connectivity index (χ1) is 11.1. The monoisotopic (exact) mass is 329 g/mol. The molecule has 3 rings (SSSR count). The van der Waals surface area contributed by atoms with Gasteiger partial charge in [-0.25, -0.2) is 0 Å². The Hall–Kier alpha value is -2.14. The van der Waals surface area contributed by atoms with Crippen LogP contribution in [0.4, 0.5) is 5.69 Å². The van der Waals surface area contributed by atoms with Crippen LogP contribution in [0.1, 0.15) is 45.6 Å². The lowest BCUT2D eigenvalue weighted by molar-refractivity contribution is -0.136. The number of carboxylic acid groups (broad SMARTS) is 1. The van der Waals surface area contributed by atoms with Crippen molar-refractivity contribution < 1.29 is 14.7 Å². The average molecular weight is 329 g/mol. The van der Waals surface area contributed by atoms with E-state index >= 15 is 0 Å². The molecule has 0 bridgehead atoms. The van der Waals surface area contributed by atoms with Crippen molar-refractivity contribution >= 4 is 28.9 Å². The van der Waals surface area contributed by atoms with Gasteiger partial charge in [-0.15, -0.1) is 11.3 Å². The van der Waals surface area contributed by atoms with Crippen molar-refractivity contribution in [2.75, 3.05) is 5.32 Å². The second-order valence-electron chi connectivity index (χ2n) is 5.80. The second kappa shape index (κ2) is 6.96. The molecule has 1 aliphatic rings. The van der Waals surface area contributed by atoms with Crippen molar-refractivity contribution in [2.45, 2.75) is 38.5 Å². The molecule has 0 fully saturated rings. The summed E-state index contributed by atoms with van der Waals surface area (Å²) < 4.78 is 0. The fourth-order valence-electron chi connectivity index (χ4n) is 2.89. The Balaban J connectivity index is 1.66. The van der Waals surface area contributed by atoms with E-state index in [1.54, 1.807) is 11.3 Å². The SMILES string of the molecule is O=C(O)CCc1ccc(NC(=O)c2csc3c2CCCC3)cc1. The topological polar surface area (TPSA) is 66.4 Å². The third-order valence-corrected chi connectivity index (χ3v) is 5.23. The average Bonchev–Trinajstić information content (AvgIpc) is 2.98. The minimum atomic E-state index is -0.801. The number of aryl methyl sites for hydroxylation is 2. The summed E-state index contributed by atoms with van der Waals surface area (Å²) in [5.74, 6) is -0.854. The van der Waals surface area contributed by atoms with E-state index in [4.69, 9.17) is 5.11 Å². The minimum absolute atomic E-state index is 0.0531. The number of carboxylic acids is 1. The van der Waals surface area contributed by atoms with E-state index in [0.717, 1.165) is 36.1 Å². The molecule has 1 aliphatic carbocycles. The Morgan fingerprint density at radius 3 is 2.61 bits per heavy atom. The van der Waals surface area contributed by atoms with Gasteiger partial charge in [-0.3, -0.25) is 9.59 Å². The van der Waals surface area contributed by atoms with Gasteiger partial charge in [0.1, 0.15) is 0 Å². The maximum atomic E-state index is 12.5. The third kappa shape index (κ3) is 3.79. The number of thiophene rings is 1. The van der Waals surface area contributed by atoms with Crippen LogP contribution in [-0.2, 0) is 24.1 Å². The number of carbonyl (C=O) groups is 2. The summed E-state index contributed by atoms with van der Waals surface area (Å²) in [5.41, 5.74) is 3.72. The normalized spacial score (nSPS) is 13.4. The molecule has 120 valence electrons. The zero-order valence-electron chi connectivity index (χ0n) is 12.8. The maximum Gasteiger partial charge on any atom is 0.303 e. The molecule has 1 heterocycles. The second-order valence-corrected chi connectivity index (χ2v) is 6.77. The van der Waals surface area contributed by atoms with Gasteiger partial charge in [-0.2, -0.15) is 0 Å². The van der Waals surface area contributed by atoms with Crippen molar-refractivity contribution in [1.82, 2.24) is 0 Å². The number of rotatable bonds is 5. The molecule has 1 aromatic heterocycles. The summed E-state index contributed by atoms with van der Waals surface area (Å²) in [5, 5.41) is 13.6. The fraction of sp³-hybridized carbons (Fsp3) is 0.333. The molecule has 0 radical (unpaired) electrons. The number of hydrogen-bond donors (Lipinski definition) is 2.